The zero-order valence-corrected chi connectivity index (χ0v) is 12.2. The van der Waals surface area contributed by atoms with E-state index in [1.165, 1.54) is 6.92 Å². The second-order valence-corrected chi connectivity index (χ2v) is 5.91. The van der Waals surface area contributed by atoms with Gasteiger partial charge in [0.1, 0.15) is 6.04 Å². The number of aliphatic hydroxyl groups excluding tert-OH is 1. The van der Waals surface area contributed by atoms with E-state index in [2.05, 4.69) is 10.6 Å². The average Bonchev–Trinajstić information content (AvgIpc) is 2.36. The summed E-state index contributed by atoms with van der Waals surface area (Å²) in [4.78, 5) is 23.5. The molecule has 1 atom stereocenters. The van der Waals surface area contributed by atoms with Crippen LogP contribution in [0.5, 0.6) is 0 Å². The Labute approximate surface area is 115 Å². The number of hydrogen-bond donors (Lipinski definition) is 3. The minimum absolute atomic E-state index is 0.0169. The summed E-state index contributed by atoms with van der Waals surface area (Å²) in [6, 6.07) is -0.539. The summed E-state index contributed by atoms with van der Waals surface area (Å²) < 4.78 is 0. The summed E-state index contributed by atoms with van der Waals surface area (Å²) in [6.45, 7) is 5.16. The van der Waals surface area contributed by atoms with E-state index >= 15 is 0 Å². The Bertz CT molecular complexity index is 323. The molecule has 0 aromatic rings. The van der Waals surface area contributed by atoms with Crippen LogP contribution in [0.25, 0.3) is 0 Å². The monoisotopic (exact) mass is 270 g/mol. The second kappa shape index (κ2) is 6.89. The van der Waals surface area contributed by atoms with Crippen LogP contribution < -0.4 is 10.6 Å². The number of amides is 2. The number of carbonyl (C=O) groups excluding carboxylic acids is 2. The van der Waals surface area contributed by atoms with Gasteiger partial charge in [-0.3, -0.25) is 9.59 Å². The molecule has 110 valence electrons. The highest BCUT2D eigenvalue weighted by Gasteiger charge is 2.35. The summed E-state index contributed by atoms with van der Waals surface area (Å²) >= 11 is 0. The van der Waals surface area contributed by atoms with Crippen LogP contribution >= 0.6 is 0 Å². The zero-order valence-electron chi connectivity index (χ0n) is 12.2. The van der Waals surface area contributed by atoms with Crippen LogP contribution in [-0.4, -0.2) is 35.1 Å². The van der Waals surface area contributed by atoms with E-state index in [4.69, 9.17) is 0 Å². The Morgan fingerprint density at radius 1 is 1.21 bits per heavy atom. The highest BCUT2D eigenvalue weighted by atomic mass is 16.3. The topological polar surface area (TPSA) is 78.4 Å². The molecule has 0 aliphatic heterocycles. The molecule has 1 aliphatic carbocycles. The molecule has 5 heteroatoms. The third kappa shape index (κ3) is 4.49. The third-order valence-electron chi connectivity index (χ3n) is 3.81. The molecule has 1 fully saturated rings. The summed E-state index contributed by atoms with van der Waals surface area (Å²) in [6.07, 6.45) is 4.80. The van der Waals surface area contributed by atoms with Crippen molar-refractivity contribution in [3.8, 4) is 0 Å². The van der Waals surface area contributed by atoms with Gasteiger partial charge in [0.05, 0.1) is 12.1 Å². The maximum Gasteiger partial charge on any atom is 0.243 e. The number of hydrogen-bond acceptors (Lipinski definition) is 3. The lowest BCUT2D eigenvalue weighted by Crippen LogP contribution is -2.59. The highest BCUT2D eigenvalue weighted by molar-refractivity contribution is 5.87. The van der Waals surface area contributed by atoms with Crippen molar-refractivity contribution in [2.75, 3.05) is 6.61 Å². The highest BCUT2D eigenvalue weighted by Crippen LogP contribution is 2.28. The third-order valence-corrected chi connectivity index (χ3v) is 3.81. The molecule has 2 amide bonds. The van der Waals surface area contributed by atoms with Crippen LogP contribution in [0, 0.1) is 5.92 Å². The SMILES string of the molecule is CC(=O)NC(C(=O)NC1(CO)CCCCC1)C(C)C. The molecule has 19 heavy (non-hydrogen) atoms. The van der Waals surface area contributed by atoms with Crippen molar-refractivity contribution in [3.63, 3.8) is 0 Å². The van der Waals surface area contributed by atoms with Gasteiger partial charge in [0.15, 0.2) is 0 Å². The van der Waals surface area contributed by atoms with Gasteiger partial charge in [-0.1, -0.05) is 33.1 Å². The predicted octanol–water partition coefficient (Wildman–Crippen LogP) is 0.958. The van der Waals surface area contributed by atoms with Crippen LogP contribution in [0.15, 0.2) is 0 Å². The van der Waals surface area contributed by atoms with Gasteiger partial charge in [0.25, 0.3) is 0 Å². The Kier molecular flexibility index (Phi) is 5.79. The summed E-state index contributed by atoms with van der Waals surface area (Å²) in [7, 11) is 0. The molecule has 0 heterocycles. The second-order valence-electron chi connectivity index (χ2n) is 5.91. The number of nitrogens with one attached hydrogen (secondary N) is 2. The fourth-order valence-corrected chi connectivity index (χ4v) is 2.64. The van der Waals surface area contributed by atoms with Crippen LogP contribution in [0.4, 0.5) is 0 Å². The fraction of sp³-hybridized carbons (Fsp3) is 0.857. The molecule has 3 N–H and O–H groups in total. The van der Waals surface area contributed by atoms with Gasteiger partial charge >= 0.3 is 0 Å². The molecule has 0 aromatic carbocycles. The molecule has 0 aromatic heterocycles. The van der Waals surface area contributed by atoms with E-state index in [0.717, 1.165) is 32.1 Å². The number of aliphatic hydroxyl groups is 1. The van der Waals surface area contributed by atoms with Gasteiger partial charge in [-0.2, -0.15) is 0 Å². The van der Waals surface area contributed by atoms with Gasteiger partial charge in [-0.15, -0.1) is 0 Å². The summed E-state index contributed by atoms with van der Waals surface area (Å²) in [5.74, 6) is -0.389. The first-order chi connectivity index (χ1) is 8.90. The maximum atomic E-state index is 12.3. The molecule has 0 saturated heterocycles. The van der Waals surface area contributed by atoms with Gasteiger partial charge in [-0.05, 0) is 18.8 Å². The van der Waals surface area contributed by atoms with Crippen LogP contribution in [0.3, 0.4) is 0 Å². The smallest absolute Gasteiger partial charge is 0.243 e. The number of carbonyl (C=O) groups is 2. The van der Waals surface area contributed by atoms with Crippen molar-refractivity contribution in [2.24, 2.45) is 5.92 Å². The Hall–Kier alpha value is -1.10. The molecule has 5 nitrogen and oxygen atoms in total. The molecule has 0 radical (unpaired) electrons. The van der Waals surface area contributed by atoms with Crippen molar-refractivity contribution >= 4 is 11.8 Å². The fourth-order valence-electron chi connectivity index (χ4n) is 2.64. The van der Waals surface area contributed by atoms with E-state index < -0.39 is 11.6 Å². The first-order valence-corrected chi connectivity index (χ1v) is 7.10. The lowest BCUT2D eigenvalue weighted by Gasteiger charge is -2.38. The van der Waals surface area contributed by atoms with Gasteiger partial charge in [0, 0.05) is 6.92 Å². The van der Waals surface area contributed by atoms with Crippen molar-refractivity contribution in [1.82, 2.24) is 10.6 Å². The van der Waals surface area contributed by atoms with Gasteiger partial charge in [-0.25, -0.2) is 0 Å². The molecule has 1 unspecified atom stereocenters. The van der Waals surface area contributed by atoms with Crippen molar-refractivity contribution in [3.05, 3.63) is 0 Å². The predicted molar refractivity (Wildman–Crippen MR) is 73.5 cm³/mol. The summed E-state index contributed by atoms with van der Waals surface area (Å²) in [5, 5.41) is 15.2. The first kappa shape index (κ1) is 16.0. The largest absolute Gasteiger partial charge is 0.394 e. The minimum Gasteiger partial charge on any atom is -0.394 e. The quantitative estimate of drug-likeness (QED) is 0.696. The standard InChI is InChI=1S/C14H26N2O3/c1-10(2)12(15-11(3)18)13(19)16-14(9-17)7-5-4-6-8-14/h10,12,17H,4-9H2,1-3H3,(H,15,18)(H,16,19). The molecule has 0 spiro atoms. The average molecular weight is 270 g/mol. The van der Waals surface area contributed by atoms with Crippen LogP contribution in [0.2, 0.25) is 0 Å². The van der Waals surface area contributed by atoms with Crippen molar-refractivity contribution in [1.29, 1.82) is 0 Å². The first-order valence-electron chi connectivity index (χ1n) is 7.10. The van der Waals surface area contributed by atoms with E-state index in [1.807, 2.05) is 13.8 Å². The minimum atomic E-state index is -0.539. The lowest BCUT2D eigenvalue weighted by atomic mass is 9.82. The van der Waals surface area contributed by atoms with Crippen LogP contribution in [0.1, 0.15) is 52.9 Å². The van der Waals surface area contributed by atoms with E-state index in [9.17, 15) is 14.7 Å². The molecule has 1 aliphatic rings. The van der Waals surface area contributed by atoms with Crippen molar-refractivity contribution in [2.45, 2.75) is 64.5 Å². The maximum absolute atomic E-state index is 12.3. The van der Waals surface area contributed by atoms with Crippen LogP contribution in [-0.2, 0) is 9.59 Å². The van der Waals surface area contributed by atoms with E-state index in [1.54, 1.807) is 0 Å². The molecule has 1 rings (SSSR count). The Balaban J connectivity index is 2.71. The van der Waals surface area contributed by atoms with E-state index in [0.29, 0.717) is 0 Å². The Morgan fingerprint density at radius 3 is 2.21 bits per heavy atom. The molecular formula is C14H26N2O3. The molecule has 0 bridgehead atoms. The summed E-state index contributed by atoms with van der Waals surface area (Å²) in [5.41, 5.74) is -0.499. The Morgan fingerprint density at radius 2 is 1.79 bits per heavy atom. The van der Waals surface area contributed by atoms with E-state index in [-0.39, 0.29) is 24.3 Å². The van der Waals surface area contributed by atoms with Gasteiger partial charge < -0.3 is 15.7 Å². The van der Waals surface area contributed by atoms with Crippen molar-refractivity contribution < 1.29 is 14.7 Å². The molecule has 1 saturated carbocycles. The zero-order chi connectivity index (χ0) is 14.5. The molecular weight excluding hydrogens is 244 g/mol. The normalized spacial score (nSPS) is 19.8. The van der Waals surface area contributed by atoms with Gasteiger partial charge in [0.2, 0.25) is 11.8 Å². The lowest BCUT2D eigenvalue weighted by molar-refractivity contribution is -0.131. The number of rotatable bonds is 5.